The van der Waals surface area contributed by atoms with Crippen molar-refractivity contribution in [3.05, 3.63) is 40.7 Å². The second-order valence-electron chi connectivity index (χ2n) is 8.63. The van der Waals surface area contributed by atoms with Crippen molar-refractivity contribution in [3.63, 3.8) is 0 Å². The van der Waals surface area contributed by atoms with E-state index in [1.165, 1.54) is 24.3 Å². The molecule has 0 radical (unpaired) electrons. The van der Waals surface area contributed by atoms with Crippen LogP contribution in [0.1, 0.15) is 18.4 Å². The van der Waals surface area contributed by atoms with Crippen molar-refractivity contribution in [1.29, 1.82) is 0 Å². The van der Waals surface area contributed by atoms with Gasteiger partial charge in [0.15, 0.2) is 0 Å². The lowest BCUT2D eigenvalue weighted by molar-refractivity contribution is -0.132. The molecule has 33 heavy (non-hydrogen) atoms. The molecule has 3 rings (SSSR count). The summed E-state index contributed by atoms with van der Waals surface area (Å²) in [5, 5.41) is 29.8. The molecule has 8 nitrogen and oxygen atoms in total. The molecule has 0 saturated carbocycles. The number of carbonyl (C=O) groups excluding carboxylic acids is 2. The Hall–Kier alpha value is -2.04. The number of benzene rings is 1. The van der Waals surface area contributed by atoms with Gasteiger partial charge in [0.1, 0.15) is 5.82 Å². The zero-order valence-electron chi connectivity index (χ0n) is 18.4. The third kappa shape index (κ3) is 7.22. The van der Waals surface area contributed by atoms with Crippen LogP contribution in [0.15, 0.2) is 24.3 Å². The van der Waals surface area contributed by atoms with Crippen molar-refractivity contribution >= 4 is 29.5 Å². The maximum atomic E-state index is 13.3. The number of carbonyl (C=O) groups is 2. The average molecular weight is 484 g/mol. The smallest absolute Gasteiger partial charge is 0.246 e. The Morgan fingerprint density at radius 3 is 2.73 bits per heavy atom. The molecular weight excluding hydrogens is 453 g/mol. The van der Waals surface area contributed by atoms with Gasteiger partial charge in [-0.2, -0.15) is 0 Å². The second-order valence-corrected chi connectivity index (χ2v) is 9.04. The summed E-state index contributed by atoms with van der Waals surface area (Å²) in [5.41, 5.74) is 0.596. The number of halogens is 2. The number of aliphatic hydroxyl groups excluding tert-OH is 3. The van der Waals surface area contributed by atoms with Crippen molar-refractivity contribution in [2.75, 3.05) is 52.4 Å². The van der Waals surface area contributed by atoms with Gasteiger partial charge in [-0.15, -0.1) is 0 Å². The van der Waals surface area contributed by atoms with Gasteiger partial charge in [0, 0.05) is 64.3 Å². The largest absolute Gasteiger partial charge is 0.396 e. The average Bonchev–Trinajstić information content (AvgIpc) is 2.96. The van der Waals surface area contributed by atoms with Crippen LogP contribution in [0.25, 0.3) is 6.08 Å². The number of rotatable bonds is 7. The normalized spacial score (nSPS) is 23.7. The number of aliphatic hydroxyl groups is 3. The molecule has 0 spiro atoms. The lowest BCUT2D eigenvalue weighted by atomic mass is 9.94. The summed E-state index contributed by atoms with van der Waals surface area (Å²) >= 11 is 5.76. The van der Waals surface area contributed by atoms with Crippen LogP contribution in [0.3, 0.4) is 0 Å². The summed E-state index contributed by atoms with van der Waals surface area (Å²) in [7, 11) is 0. The van der Waals surface area contributed by atoms with E-state index in [4.69, 9.17) is 11.6 Å². The maximum Gasteiger partial charge on any atom is 0.246 e. The molecule has 0 aliphatic carbocycles. The Bertz CT molecular complexity index is 870. The molecule has 1 aromatic carbocycles. The van der Waals surface area contributed by atoms with Crippen LogP contribution >= 0.6 is 11.6 Å². The van der Waals surface area contributed by atoms with Gasteiger partial charge in [0.05, 0.1) is 17.2 Å². The molecule has 2 saturated heterocycles. The second kappa shape index (κ2) is 11.9. The molecule has 0 bridgehead atoms. The molecule has 2 aliphatic heterocycles. The molecule has 2 fully saturated rings. The van der Waals surface area contributed by atoms with Crippen molar-refractivity contribution < 1.29 is 29.3 Å². The summed E-state index contributed by atoms with van der Waals surface area (Å²) in [6.45, 7) is 2.40. The summed E-state index contributed by atoms with van der Waals surface area (Å²) in [4.78, 5) is 30.2. The first-order chi connectivity index (χ1) is 15.8. The van der Waals surface area contributed by atoms with Crippen LogP contribution in [0, 0.1) is 11.7 Å². The zero-order chi connectivity index (χ0) is 24.0. The number of hydrogen-bond donors (Lipinski definition) is 3. The number of hydrogen-bond acceptors (Lipinski definition) is 6. The lowest BCUT2D eigenvalue weighted by Gasteiger charge is -2.36. The van der Waals surface area contributed by atoms with Crippen molar-refractivity contribution in [3.8, 4) is 0 Å². The van der Waals surface area contributed by atoms with Gasteiger partial charge in [-0.3, -0.25) is 14.5 Å². The molecule has 10 heteroatoms. The van der Waals surface area contributed by atoms with E-state index in [1.807, 2.05) is 4.90 Å². The monoisotopic (exact) mass is 483 g/mol. The molecule has 3 atom stereocenters. The van der Waals surface area contributed by atoms with E-state index in [9.17, 15) is 29.3 Å². The van der Waals surface area contributed by atoms with Gasteiger partial charge in [0.2, 0.25) is 11.8 Å². The van der Waals surface area contributed by atoms with Gasteiger partial charge in [-0.1, -0.05) is 17.7 Å². The Kier molecular flexibility index (Phi) is 9.22. The third-order valence-corrected chi connectivity index (χ3v) is 6.49. The number of β-amino-alcohol motifs (C(OH)–C–C–N with tert-alkyl or cyclic N) is 2. The van der Waals surface area contributed by atoms with Gasteiger partial charge < -0.3 is 25.1 Å². The minimum Gasteiger partial charge on any atom is -0.396 e. The lowest BCUT2D eigenvalue weighted by Crippen LogP contribution is -2.49. The highest BCUT2D eigenvalue weighted by molar-refractivity contribution is 6.30. The fourth-order valence-electron chi connectivity index (χ4n) is 4.20. The molecule has 0 unspecified atom stereocenters. The number of amides is 2. The molecule has 0 aromatic heterocycles. The summed E-state index contributed by atoms with van der Waals surface area (Å²) in [5.74, 6) is -1.05. The predicted octanol–water partition coefficient (Wildman–Crippen LogP) is 0.589. The van der Waals surface area contributed by atoms with Crippen LogP contribution < -0.4 is 0 Å². The summed E-state index contributed by atoms with van der Waals surface area (Å²) in [6, 6.07) is 4.18. The minimum absolute atomic E-state index is 0.0218. The molecule has 2 aliphatic rings. The zero-order valence-corrected chi connectivity index (χ0v) is 19.2. The van der Waals surface area contributed by atoms with E-state index in [2.05, 4.69) is 0 Å². The highest BCUT2D eigenvalue weighted by atomic mass is 35.5. The van der Waals surface area contributed by atoms with E-state index < -0.39 is 18.0 Å². The molecule has 1 aromatic rings. The Balaban J connectivity index is 1.49. The summed E-state index contributed by atoms with van der Waals surface area (Å²) < 4.78 is 13.3. The minimum atomic E-state index is -0.780. The van der Waals surface area contributed by atoms with Gasteiger partial charge in [-0.25, -0.2) is 4.39 Å². The van der Waals surface area contributed by atoms with Crippen LogP contribution in [0.4, 0.5) is 4.39 Å². The van der Waals surface area contributed by atoms with Crippen molar-refractivity contribution in [2.24, 2.45) is 5.92 Å². The first-order valence-electron chi connectivity index (χ1n) is 11.2. The van der Waals surface area contributed by atoms with Crippen molar-refractivity contribution in [1.82, 2.24) is 14.7 Å². The van der Waals surface area contributed by atoms with E-state index >= 15 is 0 Å². The van der Waals surface area contributed by atoms with Crippen LogP contribution in [0.5, 0.6) is 0 Å². The Morgan fingerprint density at radius 2 is 2.03 bits per heavy atom. The maximum absolute atomic E-state index is 13.3. The Morgan fingerprint density at radius 1 is 1.24 bits per heavy atom. The fraction of sp³-hybridized carbons (Fsp3) is 0.565. The van der Waals surface area contributed by atoms with E-state index in [1.54, 1.807) is 15.9 Å². The summed E-state index contributed by atoms with van der Waals surface area (Å²) in [6.07, 6.45) is 2.33. The molecule has 2 amide bonds. The standard InChI is InChI=1S/C23H31ClFN3O5/c24-19-11-16(1-3-20(19)25)2-4-22(32)27-8-6-23(33)28(10-9-27)13-18(30)12-26-7-5-17(15-29)21(31)14-26/h1-4,11,17-18,21,29-31H,5-10,12-15H2/b4-2+/t17-,18-,21-/m0/s1. The Labute approximate surface area is 197 Å². The van der Waals surface area contributed by atoms with Gasteiger partial charge >= 0.3 is 0 Å². The highest BCUT2D eigenvalue weighted by Gasteiger charge is 2.29. The van der Waals surface area contributed by atoms with E-state index in [0.29, 0.717) is 44.7 Å². The first-order valence-corrected chi connectivity index (χ1v) is 11.5. The molecule has 182 valence electrons. The molecular formula is C23H31ClFN3O5. The predicted molar refractivity (Wildman–Crippen MR) is 122 cm³/mol. The SMILES string of the molecule is O=C(/C=C/c1ccc(F)c(Cl)c1)N1CCC(=O)N(C[C@@H](O)CN2CC[C@@H](CO)[C@@H](O)C2)CC1. The van der Waals surface area contributed by atoms with Gasteiger partial charge in [0.25, 0.3) is 0 Å². The third-order valence-electron chi connectivity index (χ3n) is 6.20. The van der Waals surface area contributed by atoms with Crippen molar-refractivity contribution in [2.45, 2.75) is 25.0 Å². The topological polar surface area (TPSA) is 105 Å². The van der Waals surface area contributed by atoms with Crippen LogP contribution in [-0.4, -0.2) is 106 Å². The first kappa shape index (κ1) is 25.6. The van der Waals surface area contributed by atoms with E-state index in [-0.39, 0.29) is 48.9 Å². The molecule has 3 N–H and O–H groups in total. The molecule has 2 heterocycles. The highest BCUT2D eigenvalue weighted by Crippen LogP contribution is 2.18. The number of piperidine rings is 1. The van der Waals surface area contributed by atoms with Crippen LogP contribution in [-0.2, 0) is 9.59 Å². The fourth-order valence-corrected chi connectivity index (χ4v) is 4.39. The number of nitrogens with zero attached hydrogens (tertiary/aromatic N) is 3. The van der Waals surface area contributed by atoms with Crippen LogP contribution in [0.2, 0.25) is 5.02 Å². The number of likely N-dealkylation sites (tertiary alicyclic amines) is 1. The van der Waals surface area contributed by atoms with Gasteiger partial charge in [-0.05, 0) is 36.7 Å². The van der Waals surface area contributed by atoms with E-state index in [0.717, 1.165) is 0 Å². The quantitative estimate of drug-likeness (QED) is 0.490.